The van der Waals surface area contributed by atoms with Gasteiger partial charge in [-0.15, -0.1) is 0 Å². The topological polar surface area (TPSA) is 118 Å². The zero-order valence-electron chi connectivity index (χ0n) is 8.66. The number of carbonyl (C=O) groups is 4. The molecular formula is C10H10O7. The van der Waals surface area contributed by atoms with Gasteiger partial charge in [0.2, 0.25) is 0 Å². The second kappa shape index (κ2) is 7.80. The summed E-state index contributed by atoms with van der Waals surface area (Å²) < 4.78 is 4.18. The van der Waals surface area contributed by atoms with Crippen LogP contribution in [-0.2, 0) is 23.9 Å². The second-order valence-corrected chi connectivity index (χ2v) is 2.74. The number of hydrogen-bond donors (Lipinski definition) is 2. The molecule has 0 aliphatic rings. The molecule has 92 valence electrons. The molecule has 0 radical (unpaired) electrons. The first-order valence-electron chi connectivity index (χ1n) is 4.44. The highest BCUT2D eigenvalue weighted by Crippen LogP contribution is 1.93. The van der Waals surface area contributed by atoms with Crippen LogP contribution in [0.3, 0.4) is 0 Å². The van der Waals surface area contributed by atoms with Crippen molar-refractivity contribution in [1.82, 2.24) is 0 Å². The molecule has 0 atom stereocenters. The first-order chi connectivity index (χ1) is 7.91. The Hall–Kier alpha value is -2.44. The predicted octanol–water partition coefficient (Wildman–Crippen LogP) is 0.118. The van der Waals surface area contributed by atoms with Crippen molar-refractivity contribution in [3.63, 3.8) is 0 Å². The minimum atomic E-state index is -1.34. The van der Waals surface area contributed by atoms with Crippen LogP contribution in [0.25, 0.3) is 0 Å². The highest BCUT2D eigenvalue weighted by Gasteiger charge is 2.05. The maximum atomic E-state index is 10.9. The zero-order valence-corrected chi connectivity index (χ0v) is 8.66. The van der Waals surface area contributed by atoms with Crippen LogP contribution in [0.1, 0.15) is 12.8 Å². The molecule has 0 rings (SSSR count). The average Bonchev–Trinajstić information content (AvgIpc) is 2.21. The van der Waals surface area contributed by atoms with E-state index in [0.717, 1.165) is 0 Å². The summed E-state index contributed by atoms with van der Waals surface area (Å²) in [6.07, 6.45) is 3.11. The maximum absolute atomic E-state index is 10.9. The third kappa shape index (κ3) is 9.85. The predicted molar refractivity (Wildman–Crippen MR) is 53.9 cm³/mol. The van der Waals surface area contributed by atoms with Gasteiger partial charge < -0.3 is 14.9 Å². The van der Waals surface area contributed by atoms with Crippen molar-refractivity contribution in [1.29, 1.82) is 0 Å². The minimum absolute atomic E-state index is 0.236. The Morgan fingerprint density at radius 2 is 1.53 bits per heavy atom. The van der Waals surface area contributed by atoms with E-state index in [9.17, 15) is 19.2 Å². The van der Waals surface area contributed by atoms with Crippen molar-refractivity contribution < 1.29 is 34.1 Å². The average molecular weight is 242 g/mol. The Kier molecular flexibility index (Phi) is 6.68. The molecule has 0 heterocycles. The normalized spacial score (nSPS) is 10.6. The molecule has 0 bridgehead atoms. The van der Waals surface area contributed by atoms with Gasteiger partial charge in [-0.05, 0) is 0 Å². The maximum Gasteiger partial charge on any atom is 0.338 e. The number of carboxylic acids is 2. The summed E-state index contributed by atoms with van der Waals surface area (Å²) >= 11 is 0. The summed E-state index contributed by atoms with van der Waals surface area (Å²) in [6, 6.07) is 0. The molecule has 0 fully saturated rings. The Labute approximate surface area is 96.0 Å². The molecule has 0 aliphatic heterocycles. The molecule has 0 aliphatic carbocycles. The molecule has 0 unspecified atom stereocenters. The van der Waals surface area contributed by atoms with E-state index < -0.39 is 23.9 Å². The van der Waals surface area contributed by atoms with Gasteiger partial charge >= 0.3 is 23.9 Å². The molecule has 17 heavy (non-hydrogen) atoms. The first kappa shape index (κ1) is 14.6. The van der Waals surface area contributed by atoms with Gasteiger partial charge in [0.25, 0.3) is 0 Å². The van der Waals surface area contributed by atoms with Gasteiger partial charge in [0, 0.05) is 12.2 Å². The van der Waals surface area contributed by atoms with Crippen molar-refractivity contribution in [2.45, 2.75) is 12.8 Å². The lowest BCUT2D eigenvalue weighted by Crippen LogP contribution is -2.09. The van der Waals surface area contributed by atoms with E-state index in [1.54, 1.807) is 0 Å². The van der Waals surface area contributed by atoms with Crippen molar-refractivity contribution >= 4 is 23.9 Å². The van der Waals surface area contributed by atoms with Gasteiger partial charge in [-0.3, -0.25) is 9.59 Å². The molecule has 7 nitrogen and oxygen atoms in total. The summed E-state index contributed by atoms with van der Waals surface area (Å²) in [5.41, 5.74) is 0. The summed E-state index contributed by atoms with van der Waals surface area (Å²) in [7, 11) is 0. The van der Waals surface area contributed by atoms with Gasteiger partial charge in [0.15, 0.2) is 0 Å². The van der Waals surface area contributed by atoms with E-state index in [0.29, 0.717) is 12.2 Å². The number of carbonyl (C=O) groups excluding carboxylic acids is 2. The Morgan fingerprint density at radius 1 is 0.941 bits per heavy atom. The summed E-state index contributed by atoms with van der Waals surface area (Å²) in [6.45, 7) is 0. The van der Waals surface area contributed by atoms with E-state index in [1.165, 1.54) is 12.2 Å². The lowest BCUT2D eigenvalue weighted by Gasteiger charge is -1.95. The summed E-state index contributed by atoms with van der Waals surface area (Å²) in [5.74, 6) is -4.37. The third-order valence-corrected chi connectivity index (χ3v) is 1.32. The number of aliphatic carboxylic acids is 2. The van der Waals surface area contributed by atoms with Gasteiger partial charge in [-0.25, -0.2) is 9.59 Å². The van der Waals surface area contributed by atoms with E-state index in [2.05, 4.69) is 4.74 Å². The Bertz CT molecular complexity index is 378. The third-order valence-electron chi connectivity index (χ3n) is 1.32. The number of carboxylic acid groups (broad SMARTS) is 2. The van der Waals surface area contributed by atoms with Crippen LogP contribution in [0.4, 0.5) is 0 Å². The fraction of sp³-hybridized carbons (Fsp3) is 0.200. The van der Waals surface area contributed by atoms with Crippen molar-refractivity contribution in [3.8, 4) is 0 Å². The molecule has 7 heteroatoms. The lowest BCUT2D eigenvalue weighted by atomic mass is 10.3. The highest BCUT2D eigenvalue weighted by molar-refractivity contribution is 5.96. The number of ether oxygens (including phenoxy) is 1. The summed E-state index contributed by atoms with van der Waals surface area (Å²) in [4.78, 5) is 41.8. The second-order valence-electron chi connectivity index (χ2n) is 2.74. The Morgan fingerprint density at radius 3 is 2.06 bits per heavy atom. The van der Waals surface area contributed by atoms with Gasteiger partial charge in [0.05, 0.1) is 12.8 Å². The minimum Gasteiger partial charge on any atom is -0.481 e. The quantitative estimate of drug-likeness (QED) is 0.294. The summed E-state index contributed by atoms with van der Waals surface area (Å²) in [5, 5.41) is 16.4. The molecule has 0 saturated heterocycles. The number of esters is 2. The Balaban J connectivity index is 3.94. The van der Waals surface area contributed by atoms with Gasteiger partial charge in [-0.1, -0.05) is 12.2 Å². The largest absolute Gasteiger partial charge is 0.481 e. The first-order valence-corrected chi connectivity index (χ1v) is 4.44. The standard InChI is InChI=1S/C10H10O7/c11-7(12)3-1-2-4-9(15)17-10(16)6-5-8(13)14/h1-2,5-6H,3-4H2,(H,11,12)(H,13,14)/b2-1?,6-5-. The smallest absolute Gasteiger partial charge is 0.338 e. The number of hydrogen-bond acceptors (Lipinski definition) is 5. The number of rotatable bonds is 6. The molecule has 0 amide bonds. The van der Waals surface area contributed by atoms with Gasteiger partial charge in [-0.2, -0.15) is 0 Å². The monoisotopic (exact) mass is 242 g/mol. The SMILES string of the molecule is O=C(O)/C=C\C(=O)OC(=O)CC=CCC(=O)O. The van der Waals surface area contributed by atoms with Crippen LogP contribution in [0.5, 0.6) is 0 Å². The molecule has 0 spiro atoms. The molecule has 2 N–H and O–H groups in total. The molecule has 0 aromatic carbocycles. The van der Waals surface area contributed by atoms with Crippen LogP contribution >= 0.6 is 0 Å². The van der Waals surface area contributed by atoms with Crippen LogP contribution in [0.2, 0.25) is 0 Å². The molecule has 0 aromatic rings. The lowest BCUT2D eigenvalue weighted by molar-refractivity contribution is -0.155. The van der Waals surface area contributed by atoms with E-state index >= 15 is 0 Å². The molecule has 0 aromatic heterocycles. The molecular weight excluding hydrogens is 232 g/mol. The van der Waals surface area contributed by atoms with E-state index in [-0.39, 0.29) is 12.8 Å². The van der Waals surface area contributed by atoms with E-state index in [1.807, 2.05) is 0 Å². The van der Waals surface area contributed by atoms with Crippen molar-refractivity contribution in [2.24, 2.45) is 0 Å². The van der Waals surface area contributed by atoms with Gasteiger partial charge in [0.1, 0.15) is 0 Å². The van der Waals surface area contributed by atoms with Crippen LogP contribution in [-0.4, -0.2) is 34.1 Å². The zero-order chi connectivity index (χ0) is 13.3. The van der Waals surface area contributed by atoms with Crippen LogP contribution < -0.4 is 0 Å². The fourth-order valence-electron chi connectivity index (χ4n) is 0.691. The van der Waals surface area contributed by atoms with Crippen molar-refractivity contribution in [3.05, 3.63) is 24.3 Å². The van der Waals surface area contributed by atoms with Crippen molar-refractivity contribution in [2.75, 3.05) is 0 Å². The highest BCUT2D eigenvalue weighted by atomic mass is 16.6. The van der Waals surface area contributed by atoms with Crippen LogP contribution in [0.15, 0.2) is 24.3 Å². The fourth-order valence-corrected chi connectivity index (χ4v) is 0.691. The van der Waals surface area contributed by atoms with Crippen LogP contribution in [0, 0.1) is 0 Å². The van der Waals surface area contributed by atoms with E-state index in [4.69, 9.17) is 10.2 Å². The molecule has 0 saturated carbocycles.